The van der Waals surface area contributed by atoms with Crippen LogP contribution in [0.25, 0.3) is 0 Å². The average Bonchev–Trinajstić information content (AvgIpc) is 2.69. The summed E-state index contributed by atoms with van der Waals surface area (Å²) in [6, 6.07) is 16.3. The standard InChI is InChI=1S/C22H28NO5P/c1-16(2)14-19(22(25)26)15-29(27)28-13-12-17-8-10-20(11-9-17)23-21(24)18-6-4-3-5-7-18/h3-11,16,19,29H,12-15H2,1-2H3,(H,23,24)(H,25,26). The molecule has 0 radical (unpaired) electrons. The Kier molecular flexibility index (Phi) is 9.10. The minimum atomic E-state index is -2.39. The van der Waals surface area contributed by atoms with Crippen molar-refractivity contribution in [3.05, 3.63) is 65.7 Å². The van der Waals surface area contributed by atoms with Gasteiger partial charge >= 0.3 is 5.97 Å². The molecule has 2 N–H and O–H groups in total. The van der Waals surface area contributed by atoms with E-state index in [0.29, 0.717) is 24.1 Å². The number of hydrogen-bond donors (Lipinski definition) is 2. The number of hydrogen-bond acceptors (Lipinski definition) is 4. The highest BCUT2D eigenvalue weighted by atomic mass is 31.1. The maximum atomic E-state index is 12.1. The Morgan fingerprint density at radius 1 is 1.07 bits per heavy atom. The van der Waals surface area contributed by atoms with Gasteiger partial charge in [0.1, 0.15) is 0 Å². The highest BCUT2D eigenvalue weighted by Gasteiger charge is 2.21. The number of rotatable bonds is 11. The van der Waals surface area contributed by atoms with Gasteiger partial charge < -0.3 is 14.9 Å². The molecule has 2 rings (SSSR count). The van der Waals surface area contributed by atoms with Crippen LogP contribution < -0.4 is 5.32 Å². The fraction of sp³-hybridized carbons (Fsp3) is 0.364. The van der Waals surface area contributed by atoms with Crippen LogP contribution in [-0.2, 0) is 20.3 Å². The summed E-state index contributed by atoms with van der Waals surface area (Å²) in [6.07, 6.45) is 1.12. The number of carbonyl (C=O) groups excluding carboxylic acids is 1. The fourth-order valence-corrected chi connectivity index (χ4v) is 4.12. The van der Waals surface area contributed by atoms with Crippen LogP contribution in [0.5, 0.6) is 0 Å². The number of aliphatic carboxylic acids is 1. The molecular formula is C22H28NO5P. The lowest BCUT2D eigenvalue weighted by Gasteiger charge is -2.14. The molecule has 0 heterocycles. The van der Waals surface area contributed by atoms with Crippen molar-refractivity contribution in [2.75, 3.05) is 18.1 Å². The molecule has 6 nitrogen and oxygen atoms in total. The quantitative estimate of drug-likeness (QED) is 0.516. The third-order valence-electron chi connectivity index (χ3n) is 4.42. The zero-order chi connectivity index (χ0) is 21.2. The maximum absolute atomic E-state index is 12.1. The van der Waals surface area contributed by atoms with Crippen LogP contribution in [0, 0.1) is 11.8 Å². The van der Waals surface area contributed by atoms with Gasteiger partial charge in [-0.15, -0.1) is 0 Å². The highest BCUT2D eigenvalue weighted by molar-refractivity contribution is 7.39. The van der Waals surface area contributed by atoms with E-state index in [-0.39, 0.29) is 24.6 Å². The van der Waals surface area contributed by atoms with Gasteiger partial charge in [-0.2, -0.15) is 0 Å². The van der Waals surface area contributed by atoms with Gasteiger partial charge in [0.05, 0.1) is 12.5 Å². The van der Waals surface area contributed by atoms with Gasteiger partial charge in [-0.05, 0) is 48.6 Å². The minimum absolute atomic E-state index is 0.0721. The van der Waals surface area contributed by atoms with Gasteiger partial charge in [0.2, 0.25) is 0 Å². The largest absolute Gasteiger partial charge is 0.481 e. The molecule has 7 heteroatoms. The zero-order valence-corrected chi connectivity index (χ0v) is 17.8. The molecule has 0 aliphatic heterocycles. The van der Waals surface area contributed by atoms with Crippen molar-refractivity contribution in [1.82, 2.24) is 0 Å². The molecule has 2 aromatic carbocycles. The van der Waals surface area contributed by atoms with Crippen LogP contribution in [0.2, 0.25) is 0 Å². The Balaban J connectivity index is 1.77. The molecule has 2 aromatic rings. The molecule has 1 amide bonds. The first-order chi connectivity index (χ1) is 13.8. The third-order valence-corrected chi connectivity index (χ3v) is 5.77. The van der Waals surface area contributed by atoms with Crippen LogP contribution in [0.4, 0.5) is 5.69 Å². The molecule has 29 heavy (non-hydrogen) atoms. The van der Waals surface area contributed by atoms with Crippen molar-refractivity contribution in [2.45, 2.75) is 26.7 Å². The molecule has 0 aromatic heterocycles. The molecule has 0 aliphatic rings. The smallest absolute Gasteiger partial charge is 0.307 e. The summed E-state index contributed by atoms with van der Waals surface area (Å²) >= 11 is 0. The van der Waals surface area contributed by atoms with Crippen molar-refractivity contribution in [2.24, 2.45) is 11.8 Å². The van der Waals surface area contributed by atoms with Crippen LogP contribution in [0.15, 0.2) is 54.6 Å². The van der Waals surface area contributed by atoms with Gasteiger partial charge in [0, 0.05) is 17.4 Å². The molecule has 2 atom stereocenters. The number of nitrogens with one attached hydrogen (secondary N) is 1. The second kappa shape index (κ2) is 11.5. The van der Waals surface area contributed by atoms with E-state index in [9.17, 15) is 19.3 Å². The van der Waals surface area contributed by atoms with E-state index in [1.165, 1.54) is 0 Å². The number of amides is 1. The van der Waals surface area contributed by atoms with E-state index in [1.54, 1.807) is 12.1 Å². The van der Waals surface area contributed by atoms with Crippen LogP contribution in [0.1, 0.15) is 36.2 Å². The van der Waals surface area contributed by atoms with Crippen molar-refractivity contribution in [3.63, 3.8) is 0 Å². The fourth-order valence-electron chi connectivity index (χ4n) is 2.93. The number of carbonyl (C=O) groups is 2. The van der Waals surface area contributed by atoms with Crippen molar-refractivity contribution in [1.29, 1.82) is 0 Å². The Morgan fingerprint density at radius 3 is 2.31 bits per heavy atom. The Hall–Kier alpha value is -2.43. The van der Waals surface area contributed by atoms with Crippen molar-refractivity contribution in [3.8, 4) is 0 Å². The van der Waals surface area contributed by atoms with E-state index in [0.717, 1.165) is 5.56 Å². The molecule has 0 aliphatic carbocycles. The SMILES string of the molecule is CC(C)CC(C[PH](=O)OCCc1ccc(NC(=O)c2ccccc2)cc1)C(=O)O. The third kappa shape index (κ3) is 8.22. The molecule has 0 saturated carbocycles. The predicted molar refractivity (Wildman–Crippen MR) is 115 cm³/mol. The summed E-state index contributed by atoms with van der Waals surface area (Å²) in [4.78, 5) is 23.4. The van der Waals surface area contributed by atoms with E-state index >= 15 is 0 Å². The number of anilines is 1. The van der Waals surface area contributed by atoms with Gasteiger partial charge in [0.15, 0.2) is 8.03 Å². The molecule has 0 saturated heterocycles. The number of carboxylic acid groups (broad SMARTS) is 1. The topological polar surface area (TPSA) is 92.7 Å². The van der Waals surface area contributed by atoms with Gasteiger partial charge in [-0.25, -0.2) is 0 Å². The first kappa shape index (κ1) is 22.9. The summed E-state index contributed by atoms with van der Waals surface area (Å²) in [5, 5.41) is 12.1. The van der Waals surface area contributed by atoms with Gasteiger partial charge in [0.25, 0.3) is 5.91 Å². The van der Waals surface area contributed by atoms with Gasteiger partial charge in [-0.1, -0.05) is 44.2 Å². The van der Waals surface area contributed by atoms with Crippen LogP contribution in [-0.4, -0.2) is 29.8 Å². The van der Waals surface area contributed by atoms with Gasteiger partial charge in [-0.3, -0.25) is 14.2 Å². The Morgan fingerprint density at radius 2 is 1.72 bits per heavy atom. The molecule has 156 valence electrons. The predicted octanol–water partition coefficient (Wildman–Crippen LogP) is 4.72. The molecular weight excluding hydrogens is 389 g/mol. The monoisotopic (exact) mass is 417 g/mol. The minimum Gasteiger partial charge on any atom is -0.481 e. The molecule has 0 fully saturated rings. The van der Waals surface area contributed by atoms with E-state index in [1.807, 2.05) is 56.3 Å². The molecule has 2 unspecified atom stereocenters. The first-order valence-corrected chi connectivity index (χ1v) is 11.2. The summed E-state index contributed by atoms with van der Waals surface area (Å²) in [6.45, 7) is 4.15. The summed E-state index contributed by atoms with van der Waals surface area (Å²) in [5.74, 6) is -1.50. The van der Waals surface area contributed by atoms with E-state index < -0.39 is 19.9 Å². The Bertz CT molecular complexity index is 821. The lowest BCUT2D eigenvalue weighted by Crippen LogP contribution is -2.18. The molecule has 0 spiro atoms. The summed E-state index contributed by atoms with van der Waals surface area (Å²) < 4.78 is 17.5. The second-order valence-corrected chi connectivity index (χ2v) is 8.80. The van der Waals surface area contributed by atoms with Crippen molar-refractivity contribution >= 4 is 25.6 Å². The maximum Gasteiger partial charge on any atom is 0.307 e. The number of carboxylic acids is 1. The average molecular weight is 417 g/mol. The molecule has 0 bridgehead atoms. The van der Waals surface area contributed by atoms with Crippen LogP contribution >= 0.6 is 8.03 Å². The number of benzene rings is 2. The summed E-state index contributed by atoms with van der Waals surface area (Å²) in [5.41, 5.74) is 2.26. The van der Waals surface area contributed by atoms with Crippen LogP contribution in [0.3, 0.4) is 0 Å². The van der Waals surface area contributed by atoms with E-state index in [2.05, 4.69) is 5.32 Å². The lowest BCUT2D eigenvalue weighted by molar-refractivity contribution is -0.141. The van der Waals surface area contributed by atoms with E-state index in [4.69, 9.17) is 4.52 Å². The second-order valence-electron chi connectivity index (χ2n) is 7.36. The zero-order valence-electron chi connectivity index (χ0n) is 16.8. The normalized spacial score (nSPS) is 13.1. The highest BCUT2D eigenvalue weighted by Crippen LogP contribution is 2.29. The first-order valence-electron chi connectivity index (χ1n) is 9.69. The van der Waals surface area contributed by atoms with Crippen molar-refractivity contribution < 1.29 is 23.8 Å². The summed E-state index contributed by atoms with van der Waals surface area (Å²) in [7, 11) is -2.39. The lowest BCUT2D eigenvalue weighted by atomic mass is 9.99. The Labute approximate surface area is 172 Å².